The van der Waals surface area contributed by atoms with E-state index in [1.165, 1.54) is 32.1 Å². The van der Waals surface area contributed by atoms with Crippen molar-refractivity contribution in [1.82, 2.24) is 9.88 Å². The second kappa shape index (κ2) is 8.31. The van der Waals surface area contributed by atoms with Gasteiger partial charge in [0.15, 0.2) is 5.76 Å². The molecule has 0 unspecified atom stereocenters. The van der Waals surface area contributed by atoms with Gasteiger partial charge >= 0.3 is 0 Å². The average Bonchev–Trinajstić information content (AvgIpc) is 3.11. The van der Waals surface area contributed by atoms with Crippen LogP contribution in [0.15, 0.2) is 34.9 Å². The Bertz CT molecular complexity index is 618. The van der Waals surface area contributed by atoms with E-state index in [0.29, 0.717) is 25.0 Å². The van der Waals surface area contributed by atoms with Crippen LogP contribution in [0.4, 0.5) is 0 Å². The lowest BCUT2D eigenvalue weighted by Gasteiger charge is -2.32. The topological polar surface area (TPSA) is 58.7 Å². The van der Waals surface area contributed by atoms with Crippen LogP contribution in [0.2, 0.25) is 0 Å². The van der Waals surface area contributed by atoms with Crippen molar-refractivity contribution in [3.63, 3.8) is 0 Å². The molecule has 1 heterocycles. The van der Waals surface area contributed by atoms with Gasteiger partial charge in [-0.1, -0.05) is 19.3 Å². The molecular formula is C19H26N2O3. The number of ether oxygens (including phenoxy) is 1. The van der Waals surface area contributed by atoms with E-state index in [-0.39, 0.29) is 6.61 Å². The Kier molecular flexibility index (Phi) is 5.88. The number of aromatic nitrogens is 1. The van der Waals surface area contributed by atoms with Gasteiger partial charge in [-0.25, -0.2) is 4.98 Å². The molecule has 1 aromatic carbocycles. The van der Waals surface area contributed by atoms with Gasteiger partial charge in [0.25, 0.3) is 0 Å². The van der Waals surface area contributed by atoms with E-state index < -0.39 is 0 Å². The largest absolute Gasteiger partial charge is 0.497 e. The molecule has 1 fully saturated rings. The molecule has 0 bridgehead atoms. The summed E-state index contributed by atoms with van der Waals surface area (Å²) < 4.78 is 11.1. The second-order valence-electron chi connectivity index (χ2n) is 6.33. The first-order valence-electron chi connectivity index (χ1n) is 8.74. The van der Waals surface area contributed by atoms with Crippen molar-refractivity contribution < 1.29 is 14.3 Å². The number of aliphatic hydroxyl groups excluding tert-OH is 1. The molecule has 5 heteroatoms. The Morgan fingerprint density at radius 1 is 1.21 bits per heavy atom. The SMILES string of the molecule is COc1ccc(-c2cnc(CN(CCO)C3CCCCC3)o2)cc1. The first-order valence-corrected chi connectivity index (χ1v) is 8.74. The quantitative estimate of drug-likeness (QED) is 0.842. The van der Waals surface area contributed by atoms with Gasteiger partial charge in [0.2, 0.25) is 5.89 Å². The molecular weight excluding hydrogens is 304 g/mol. The summed E-state index contributed by atoms with van der Waals surface area (Å²) >= 11 is 0. The lowest BCUT2D eigenvalue weighted by molar-refractivity contribution is 0.108. The fourth-order valence-electron chi connectivity index (χ4n) is 3.41. The summed E-state index contributed by atoms with van der Waals surface area (Å²) in [7, 11) is 1.66. The number of benzene rings is 1. The maximum absolute atomic E-state index is 9.37. The smallest absolute Gasteiger partial charge is 0.209 e. The molecule has 0 atom stereocenters. The summed E-state index contributed by atoms with van der Waals surface area (Å²) in [5, 5.41) is 9.37. The molecule has 3 rings (SSSR count). The Hall–Kier alpha value is -1.85. The number of methoxy groups -OCH3 is 1. The Balaban J connectivity index is 1.68. The summed E-state index contributed by atoms with van der Waals surface area (Å²) in [5.41, 5.74) is 0.987. The van der Waals surface area contributed by atoms with Crippen molar-refractivity contribution in [1.29, 1.82) is 0 Å². The Morgan fingerprint density at radius 2 is 1.96 bits per heavy atom. The van der Waals surface area contributed by atoms with Gasteiger partial charge in [-0.2, -0.15) is 0 Å². The first kappa shape index (κ1) is 17.0. The van der Waals surface area contributed by atoms with E-state index in [1.54, 1.807) is 13.3 Å². The van der Waals surface area contributed by atoms with Gasteiger partial charge in [-0.05, 0) is 37.1 Å². The minimum Gasteiger partial charge on any atom is -0.497 e. The standard InChI is InChI=1S/C19H26N2O3/c1-23-17-9-7-15(8-10-17)18-13-20-19(24-18)14-21(11-12-22)16-5-3-2-4-6-16/h7-10,13,16,22H,2-6,11-12,14H2,1H3. The third kappa shape index (κ3) is 4.16. The van der Waals surface area contributed by atoms with Crippen LogP contribution in [0.1, 0.15) is 38.0 Å². The third-order valence-electron chi connectivity index (χ3n) is 4.74. The van der Waals surface area contributed by atoms with Crippen LogP contribution >= 0.6 is 0 Å². The van der Waals surface area contributed by atoms with Crippen LogP contribution < -0.4 is 4.74 Å². The van der Waals surface area contributed by atoms with E-state index in [0.717, 1.165) is 17.1 Å². The minimum atomic E-state index is 0.169. The van der Waals surface area contributed by atoms with Crippen LogP contribution in [0, 0.1) is 0 Å². The summed E-state index contributed by atoms with van der Waals surface area (Å²) in [4.78, 5) is 6.74. The van der Waals surface area contributed by atoms with E-state index in [4.69, 9.17) is 9.15 Å². The number of aliphatic hydroxyl groups is 1. The molecule has 1 aliphatic rings. The molecule has 0 spiro atoms. The fourth-order valence-corrected chi connectivity index (χ4v) is 3.41. The summed E-state index contributed by atoms with van der Waals surface area (Å²) in [6.45, 7) is 1.49. The number of hydrogen-bond donors (Lipinski definition) is 1. The Morgan fingerprint density at radius 3 is 2.62 bits per heavy atom. The zero-order valence-electron chi connectivity index (χ0n) is 14.3. The highest BCUT2D eigenvalue weighted by Crippen LogP contribution is 2.26. The molecule has 0 radical (unpaired) electrons. The molecule has 1 N–H and O–H groups in total. The van der Waals surface area contributed by atoms with Crippen molar-refractivity contribution in [2.75, 3.05) is 20.3 Å². The van der Waals surface area contributed by atoms with E-state index >= 15 is 0 Å². The summed E-state index contributed by atoms with van der Waals surface area (Å²) in [6, 6.07) is 8.29. The molecule has 5 nitrogen and oxygen atoms in total. The van der Waals surface area contributed by atoms with Crippen LogP contribution in [0.25, 0.3) is 11.3 Å². The van der Waals surface area contributed by atoms with Crippen molar-refractivity contribution in [3.05, 3.63) is 36.4 Å². The van der Waals surface area contributed by atoms with Gasteiger partial charge in [-0.15, -0.1) is 0 Å². The molecule has 1 saturated carbocycles. The maximum Gasteiger partial charge on any atom is 0.209 e. The molecule has 0 amide bonds. The van der Waals surface area contributed by atoms with Crippen LogP contribution in [0.3, 0.4) is 0 Å². The molecule has 1 aromatic heterocycles. The molecule has 130 valence electrons. The average molecular weight is 330 g/mol. The molecule has 2 aromatic rings. The van der Waals surface area contributed by atoms with Gasteiger partial charge in [0.05, 0.1) is 26.5 Å². The Labute approximate surface area is 143 Å². The normalized spacial score (nSPS) is 15.8. The highest BCUT2D eigenvalue weighted by molar-refractivity contribution is 5.57. The number of hydrogen-bond acceptors (Lipinski definition) is 5. The predicted octanol–water partition coefficient (Wildman–Crippen LogP) is 3.48. The second-order valence-corrected chi connectivity index (χ2v) is 6.33. The summed E-state index contributed by atoms with van der Waals surface area (Å²) in [6.07, 6.45) is 8.04. The first-order chi connectivity index (χ1) is 11.8. The van der Waals surface area contributed by atoms with Crippen molar-refractivity contribution in [3.8, 4) is 17.1 Å². The van der Waals surface area contributed by atoms with Crippen molar-refractivity contribution >= 4 is 0 Å². The van der Waals surface area contributed by atoms with Crippen molar-refractivity contribution in [2.45, 2.75) is 44.7 Å². The van der Waals surface area contributed by atoms with Gasteiger partial charge in [0.1, 0.15) is 5.75 Å². The van der Waals surface area contributed by atoms with Crippen molar-refractivity contribution in [2.24, 2.45) is 0 Å². The molecule has 24 heavy (non-hydrogen) atoms. The lowest BCUT2D eigenvalue weighted by atomic mass is 9.94. The van der Waals surface area contributed by atoms with Gasteiger partial charge < -0.3 is 14.3 Å². The molecule has 0 aliphatic heterocycles. The third-order valence-corrected chi connectivity index (χ3v) is 4.74. The molecule has 1 aliphatic carbocycles. The highest BCUT2D eigenvalue weighted by Gasteiger charge is 2.22. The minimum absolute atomic E-state index is 0.169. The van der Waals surface area contributed by atoms with Gasteiger partial charge in [-0.3, -0.25) is 4.90 Å². The summed E-state index contributed by atoms with van der Waals surface area (Å²) in [5.74, 6) is 2.30. The monoisotopic (exact) mass is 330 g/mol. The van der Waals surface area contributed by atoms with E-state index in [1.807, 2.05) is 24.3 Å². The van der Waals surface area contributed by atoms with Crippen LogP contribution in [-0.2, 0) is 6.54 Å². The number of oxazole rings is 1. The predicted molar refractivity (Wildman–Crippen MR) is 92.9 cm³/mol. The lowest BCUT2D eigenvalue weighted by Crippen LogP contribution is -2.38. The number of rotatable bonds is 7. The maximum atomic E-state index is 9.37. The highest BCUT2D eigenvalue weighted by atomic mass is 16.5. The van der Waals surface area contributed by atoms with Crippen LogP contribution in [-0.4, -0.2) is 41.3 Å². The molecule has 0 saturated heterocycles. The zero-order valence-corrected chi connectivity index (χ0v) is 14.3. The number of nitrogens with zero attached hydrogens (tertiary/aromatic N) is 2. The zero-order chi connectivity index (χ0) is 16.8. The van der Waals surface area contributed by atoms with E-state index in [9.17, 15) is 5.11 Å². The van der Waals surface area contributed by atoms with Gasteiger partial charge in [0, 0.05) is 18.2 Å². The van der Waals surface area contributed by atoms with Crippen LogP contribution in [0.5, 0.6) is 5.75 Å². The fraction of sp³-hybridized carbons (Fsp3) is 0.526. The van der Waals surface area contributed by atoms with E-state index in [2.05, 4.69) is 9.88 Å².